The summed E-state index contributed by atoms with van der Waals surface area (Å²) < 4.78 is 46.8. The number of ether oxygens (including phenoxy) is 2. The van der Waals surface area contributed by atoms with Crippen molar-refractivity contribution in [3.05, 3.63) is 35.9 Å². The Morgan fingerprint density at radius 1 is 1.24 bits per heavy atom. The Morgan fingerprint density at radius 3 is 2.21 bits per heavy atom. The molecule has 0 radical (unpaired) electrons. The van der Waals surface area contributed by atoms with Crippen LogP contribution in [0.25, 0.3) is 0 Å². The van der Waals surface area contributed by atoms with Crippen LogP contribution in [0.1, 0.15) is 31.2 Å². The molecule has 0 saturated carbocycles. The topological polar surface area (TPSA) is 139 Å². The lowest BCUT2D eigenvalue weighted by atomic mass is 9.95. The third-order valence-electron chi connectivity index (χ3n) is 6.48. The number of nitrogens with zero attached hydrogens (tertiary/aromatic N) is 1. The Morgan fingerprint density at radius 2 is 1.76 bits per heavy atom. The fourth-order valence-corrected chi connectivity index (χ4v) is 4.87. The second-order valence-electron chi connectivity index (χ2n) is 7.95. The summed E-state index contributed by atoms with van der Waals surface area (Å²) in [5.41, 5.74) is 0.809. The number of rotatable bonds is 5. The predicted molar refractivity (Wildman–Crippen MR) is 98.8 cm³/mol. The van der Waals surface area contributed by atoms with E-state index in [1.807, 2.05) is 30.3 Å². The largest absolute Gasteiger partial charge is 0.759 e. The summed E-state index contributed by atoms with van der Waals surface area (Å²) in [6.45, 7) is 3.10. The molecule has 3 fully saturated rings. The number of aliphatic hydroxyl groups excluding tert-OH is 1. The van der Waals surface area contributed by atoms with E-state index in [4.69, 9.17) is 27.0 Å². The summed E-state index contributed by atoms with van der Waals surface area (Å²) >= 11 is 0. The van der Waals surface area contributed by atoms with Crippen molar-refractivity contribution in [2.24, 2.45) is 0 Å². The average Bonchev–Trinajstić information content (AvgIpc) is 3.40. The third kappa shape index (κ3) is 4.79. The van der Waals surface area contributed by atoms with Crippen molar-refractivity contribution in [3.63, 3.8) is 0 Å². The maximum atomic E-state index is 12.6. The Kier molecular flexibility index (Phi) is 6.32. The van der Waals surface area contributed by atoms with Crippen molar-refractivity contribution in [3.8, 4) is 0 Å². The number of quaternary nitrogens is 1. The van der Waals surface area contributed by atoms with Gasteiger partial charge in [0.25, 0.3) is 0 Å². The first-order chi connectivity index (χ1) is 13.6. The monoisotopic (exact) mass is 428 g/mol. The molecular weight excluding hydrogens is 402 g/mol. The molecule has 0 aliphatic carbocycles. The van der Waals surface area contributed by atoms with E-state index >= 15 is 0 Å². The molecule has 3 heterocycles. The van der Waals surface area contributed by atoms with Gasteiger partial charge in [0.05, 0.1) is 20.2 Å². The van der Waals surface area contributed by atoms with Crippen LogP contribution in [0.4, 0.5) is 0 Å². The van der Waals surface area contributed by atoms with E-state index in [0.717, 1.165) is 29.4 Å². The Bertz CT molecular complexity index is 804. The molecule has 1 aromatic carbocycles. The number of hydrogen-bond acceptors (Lipinski definition) is 8. The average molecular weight is 428 g/mol. The van der Waals surface area contributed by atoms with Crippen LogP contribution in [-0.4, -0.2) is 83.7 Å². The summed E-state index contributed by atoms with van der Waals surface area (Å²) in [6, 6.07) is 10.2. The van der Waals surface area contributed by atoms with E-state index in [-0.39, 0.29) is 18.7 Å². The zero-order valence-corrected chi connectivity index (χ0v) is 17.2. The number of morpholine rings is 1. The van der Waals surface area contributed by atoms with Crippen LogP contribution >= 0.6 is 0 Å². The second-order valence-corrected chi connectivity index (χ2v) is 8.76. The number of piperidine rings is 1. The summed E-state index contributed by atoms with van der Waals surface area (Å²) in [5.74, 6) is -0.904. The molecule has 3 unspecified atom stereocenters. The molecule has 4 rings (SSSR count). The van der Waals surface area contributed by atoms with Gasteiger partial charge < -0.3 is 28.2 Å². The van der Waals surface area contributed by atoms with Crippen LogP contribution in [0.15, 0.2) is 30.3 Å². The Hall–Kier alpha value is -1.56. The molecule has 1 aromatic rings. The molecule has 9 nitrogen and oxygen atoms in total. The van der Waals surface area contributed by atoms with Gasteiger partial charge in [-0.1, -0.05) is 30.3 Å². The third-order valence-corrected chi connectivity index (χ3v) is 6.48. The lowest BCUT2D eigenvalue weighted by Crippen LogP contribution is -2.62. The fourth-order valence-electron chi connectivity index (χ4n) is 4.87. The first-order valence-electron chi connectivity index (χ1n) is 9.61. The van der Waals surface area contributed by atoms with Gasteiger partial charge in [-0.3, -0.25) is 13.2 Å². The van der Waals surface area contributed by atoms with Crippen molar-refractivity contribution < 1.29 is 41.4 Å². The fraction of sp³-hybridized carbons (Fsp3) is 0.632. The van der Waals surface area contributed by atoms with Crippen molar-refractivity contribution >= 4 is 16.4 Å². The zero-order valence-electron chi connectivity index (χ0n) is 16.3. The van der Waals surface area contributed by atoms with Gasteiger partial charge in [0, 0.05) is 23.2 Å². The van der Waals surface area contributed by atoms with Crippen LogP contribution in [0.5, 0.6) is 0 Å². The van der Waals surface area contributed by atoms with Crippen LogP contribution in [-0.2, 0) is 24.7 Å². The molecule has 3 aliphatic rings. The smallest absolute Gasteiger partial charge is 0.316 e. The highest BCUT2D eigenvalue weighted by Gasteiger charge is 2.71. The lowest BCUT2D eigenvalue weighted by Gasteiger charge is -2.47. The molecule has 29 heavy (non-hydrogen) atoms. The minimum absolute atomic E-state index is 0.0561. The maximum absolute atomic E-state index is 12.6. The molecule has 162 valence electrons. The molecular formula is C19H26NO8S-. The van der Waals surface area contributed by atoms with E-state index in [2.05, 4.69) is 14.0 Å². The molecule has 1 N–H and O–H groups in total. The van der Waals surface area contributed by atoms with Crippen molar-refractivity contribution in [2.75, 3.05) is 20.2 Å². The van der Waals surface area contributed by atoms with Crippen molar-refractivity contribution in [1.29, 1.82) is 0 Å². The SMILES string of the molecule is CC[N+]1(C)[C@H]2CC(OC(=O)C(CO)c3ccccc3)C[C@H]1[C@H]1O[C@H]12.O=S(=O)([O-])[O-]. The van der Waals surface area contributed by atoms with E-state index in [9.17, 15) is 9.90 Å². The molecule has 7 atom stereocenters. The Balaban J connectivity index is 0.000000431. The van der Waals surface area contributed by atoms with Gasteiger partial charge in [-0.25, -0.2) is 0 Å². The quantitative estimate of drug-likeness (QED) is 0.229. The van der Waals surface area contributed by atoms with E-state index in [1.54, 1.807) is 0 Å². The van der Waals surface area contributed by atoms with Crippen LogP contribution in [0.3, 0.4) is 0 Å². The predicted octanol–water partition coefficient (Wildman–Crippen LogP) is 0.115. The highest BCUT2D eigenvalue weighted by atomic mass is 32.3. The summed E-state index contributed by atoms with van der Waals surface area (Å²) in [4.78, 5) is 12.6. The minimum atomic E-state index is -5.17. The second kappa shape index (κ2) is 8.29. The molecule has 3 saturated heterocycles. The lowest BCUT2D eigenvalue weighted by molar-refractivity contribution is -0.954. The van der Waals surface area contributed by atoms with Crippen molar-refractivity contribution in [2.45, 2.75) is 56.1 Å². The van der Waals surface area contributed by atoms with Gasteiger partial charge in [0.2, 0.25) is 0 Å². The molecule has 0 amide bonds. The van der Waals surface area contributed by atoms with E-state index < -0.39 is 16.3 Å². The molecule has 3 aliphatic heterocycles. The van der Waals surface area contributed by atoms with Crippen molar-refractivity contribution in [1.82, 2.24) is 0 Å². The maximum Gasteiger partial charge on any atom is 0.316 e. The van der Waals surface area contributed by atoms with Gasteiger partial charge in [-0.05, 0) is 12.5 Å². The molecule has 0 aromatic heterocycles. The number of carbonyl (C=O) groups is 1. The highest BCUT2D eigenvalue weighted by Crippen LogP contribution is 2.52. The molecule has 10 heteroatoms. The van der Waals surface area contributed by atoms with Crippen LogP contribution in [0.2, 0.25) is 0 Å². The van der Waals surface area contributed by atoms with Gasteiger partial charge in [0.1, 0.15) is 36.3 Å². The highest BCUT2D eigenvalue weighted by molar-refractivity contribution is 7.79. The first-order valence-corrected chi connectivity index (χ1v) is 10.9. The van der Waals surface area contributed by atoms with Gasteiger partial charge in [-0.15, -0.1) is 0 Å². The summed E-state index contributed by atoms with van der Waals surface area (Å²) in [6.07, 6.45) is 2.37. The number of benzene rings is 1. The normalized spacial score (nSPS) is 35.7. The molecule has 0 spiro atoms. The van der Waals surface area contributed by atoms with Gasteiger partial charge in [-0.2, -0.15) is 0 Å². The number of aliphatic hydroxyl groups is 1. The zero-order chi connectivity index (χ0) is 21.4. The first kappa shape index (κ1) is 22.1. The standard InChI is InChI=1S/C19H26NO4.H2O4S/c1-3-20(2)15-9-13(10-16(20)18-17(15)24-18)23-19(22)14(11-21)12-7-5-4-6-8-12;1-5(2,3)4/h4-8,13-18,21H,3,9-11H2,1-2H3;(H2,1,2,3,4)/q+1;/p-2/t13?,14?,15-,16-,17-,18+,20?;/m0./s1. The number of fused-ring (bicyclic) bond motifs is 5. The number of carbonyl (C=O) groups excluding carboxylic acids is 1. The number of epoxide rings is 1. The number of likely N-dealkylation sites (N-methyl/N-ethyl adjacent to an activating group) is 1. The molecule has 2 bridgehead atoms. The van der Waals surface area contributed by atoms with E-state index in [0.29, 0.717) is 24.3 Å². The Labute approximate surface area is 170 Å². The van der Waals surface area contributed by atoms with Crippen LogP contribution < -0.4 is 0 Å². The van der Waals surface area contributed by atoms with Gasteiger partial charge in [0.15, 0.2) is 0 Å². The van der Waals surface area contributed by atoms with Crippen LogP contribution in [0, 0.1) is 0 Å². The number of esters is 1. The summed E-state index contributed by atoms with van der Waals surface area (Å²) in [5, 5.41) is 9.64. The number of hydrogen-bond donors (Lipinski definition) is 1. The summed E-state index contributed by atoms with van der Waals surface area (Å²) in [7, 11) is -2.86. The van der Waals surface area contributed by atoms with Gasteiger partial charge >= 0.3 is 5.97 Å². The van der Waals surface area contributed by atoms with E-state index in [1.165, 1.54) is 0 Å². The minimum Gasteiger partial charge on any atom is -0.759 e.